The Morgan fingerprint density at radius 2 is 2.14 bits per heavy atom. The quantitative estimate of drug-likeness (QED) is 0.871. The fourth-order valence-electron chi connectivity index (χ4n) is 2.71. The second-order valence-corrected chi connectivity index (χ2v) is 5.12. The fourth-order valence-corrected chi connectivity index (χ4v) is 2.71. The highest BCUT2D eigenvalue weighted by atomic mass is 16.5. The summed E-state index contributed by atoms with van der Waals surface area (Å²) in [6, 6.07) is 6.99. The Bertz CT molecular complexity index is 515. The molecule has 0 unspecified atom stereocenters. The molecule has 1 saturated heterocycles. The highest BCUT2D eigenvalue weighted by molar-refractivity contribution is 5.84. The third-order valence-corrected chi connectivity index (χ3v) is 3.74. The van der Waals surface area contributed by atoms with Gasteiger partial charge in [-0.25, -0.2) is 4.79 Å². The van der Waals surface area contributed by atoms with Gasteiger partial charge in [0.05, 0.1) is 6.61 Å². The predicted molar refractivity (Wildman–Crippen MR) is 78.3 cm³/mol. The van der Waals surface area contributed by atoms with Gasteiger partial charge in [0.15, 0.2) is 0 Å². The van der Waals surface area contributed by atoms with Gasteiger partial charge in [0.1, 0.15) is 11.8 Å². The first kappa shape index (κ1) is 15.4. The Morgan fingerprint density at radius 1 is 1.38 bits per heavy atom. The molecule has 2 rings (SSSR count). The largest absolute Gasteiger partial charge is 0.494 e. The number of aryl methyl sites for hydroxylation is 1. The third-order valence-electron chi connectivity index (χ3n) is 3.74. The minimum atomic E-state index is -0.907. The Kier molecular flexibility index (Phi) is 5.20. The number of benzene rings is 1. The summed E-state index contributed by atoms with van der Waals surface area (Å²) in [6.07, 6.45) is 2.19. The summed E-state index contributed by atoms with van der Waals surface area (Å²) in [5.41, 5.74) is 0.985. The van der Waals surface area contributed by atoms with Crippen LogP contribution in [0.3, 0.4) is 0 Å². The van der Waals surface area contributed by atoms with Crippen molar-refractivity contribution in [3.63, 3.8) is 0 Å². The molecule has 0 aromatic heterocycles. The monoisotopic (exact) mass is 291 g/mol. The second-order valence-electron chi connectivity index (χ2n) is 5.12. The van der Waals surface area contributed by atoms with Crippen molar-refractivity contribution in [2.75, 3.05) is 13.2 Å². The zero-order valence-electron chi connectivity index (χ0n) is 12.2. The van der Waals surface area contributed by atoms with Crippen LogP contribution in [0.4, 0.5) is 0 Å². The Labute approximate surface area is 124 Å². The zero-order chi connectivity index (χ0) is 15.2. The van der Waals surface area contributed by atoms with E-state index in [-0.39, 0.29) is 5.91 Å². The maximum absolute atomic E-state index is 12.2. The maximum atomic E-state index is 12.2. The molecule has 1 aromatic carbocycles. The van der Waals surface area contributed by atoms with Gasteiger partial charge < -0.3 is 14.7 Å². The van der Waals surface area contributed by atoms with Crippen LogP contribution in [0.2, 0.25) is 0 Å². The van der Waals surface area contributed by atoms with Crippen LogP contribution in [0.5, 0.6) is 5.75 Å². The molecule has 1 heterocycles. The van der Waals surface area contributed by atoms with Crippen molar-refractivity contribution in [1.29, 1.82) is 0 Å². The molecular formula is C16H21NO4. The second kappa shape index (κ2) is 7.11. The molecule has 5 heteroatoms. The summed E-state index contributed by atoms with van der Waals surface area (Å²) in [5, 5.41) is 9.12. The first-order valence-corrected chi connectivity index (χ1v) is 7.36. The average molecular weight is 291 g/mol. The van der Waals surface area contributed by atoms with Crippen LogP contribution in [0.25, 0.3) is 0 Å². The van der Waals surface area contributed by atoms with Gasteiger partial charge >= 0.3 is 5.97 Å². The van der Waals surface area contributed by atoms with Gasteiger partial charge in [-0.2, -0.15) is 0 Å². The van der Waals surface area contributed by atoms with E-state index < -0.39 is 12.0 Å². The molecule has 114 valence electrons. The normalized spacial score (nSPS) is 17.8. The number of carboxylic acid groups (broad SMARTS) is 1. The van der Waals surface area contributed by atoms with Gasteiger partial charge in [-0.15, -0.1) is 0 Å². The zero-order valence-corrected chi connectivity index (χ0v) is 12.2. The molecule has 21 heavy (non-hydrogen) atoms. The van der Waals surface area contributed by atoms with Crippen molar-refractivity contribution in [1.82, 2.24) is 4.90 Å². The Hall–Kier alpha value is -2.04. The van der Waals surface area contributed by atoms with E-state index in [1.807, 2.05) is 31.2 Å². The number of carboxylic acids is 1. The van der Waals surface area contributed by atoms with Crippen molar-refractivity contribution in [3.8, 4) is 5.75 Å². The molecule has 5 nitrogen and oxygen atoms in total. The summed E-state index contributed by atoms with van der Waals surface area (Å²) >= 11 is 0. The third kappa shape index (κ3) is 3.74. The molecule has 1 amide bonds. The standard InChI is InChI=1S/C16H21NO4/c1-2-21-14-8-4-3-6-12(14)9-10-15(18)17-11-5-7-13(17)16(19)20/h3-4,6,8,13H,2,5,7,9-11H2,1H3,(H,19,20)/t13-/m0/s1. The summed E-state index contributed by atoms with van der Waals surface area (Å²) in [6.45, 7) is 3.05. The van der Waals surface area contributed by atoms with Crippen molar-refractivity contribution in [2.45, 2.75) is 38.6 Å². The number of amides is 1. The molecular weight excluding hydrogens is 270 g/mol. The lowest BCUT2D eigenvalue weighted by atomic mass is 10.1. The van der Waals surface area contributed by atoms with Crippen LogP contribution >= 0.6 is 0 Å². The lowest BCUT2D eigenvalue weighted by molar-refractivity contribution is -0.148. The van der Waals surface area contributed by atoms with Crippen LogP contribution in [0, 0.1) is 0 Å². The summed E-state index contributed by atoms with van der Waals surface area (Å²) in [5.74, 6) is -0.203. The summed E-state index contributed by atoms with van der Waals surface area (Å²) in [7, 11) is 0. The van der Waals surface area contributed by atoms with E-state index in [0.29, 0.717) is 32.4 Å². The number of carbonyl (C=O) groups is 2. The van der Waals surface area contributed by atoms with Crippen molar-refractivity contribution in [2.24, 2.45) is 0 Å². The lowest BCUT2D eigenvalue weighted by Gasteiger charge is -2.21. The van der Waals surface area contributed by atoms with E-state index in [0.717, 1.165) is 17.7 Å². The number of para-hydroxylation sites is 1. The predicted octanol–water partition coefficient (Wildman–Crippen LogP) is 2.09. The molecule has 1 atom stereocenters. The number of ether oxygens (including phenoxy) is 1. The SMILES string of the molecule is CCOc1ccccc1CCC(=O)N1CCC[C@H]1C(=O)O. The van der Waals surface area contributed by atoms with Crippen LogP contribution in [0.15, 0.2) is 24.3 Å². The van der Waals surface area contributed by atoms with E-state index in [4.69, 9.17) is 9.84 Å². The van der Waals surface area contributed by atoms with Crippen LogP contribution in [0.1, 0.15) is 31.7 Å². The van der Waals surface area contributed by atoms with E-state index >= 15 is 0 Å². The summed E-state index contributed by atoms with van der Waals surface area (Å²) in [4.78, 5) is 24.8. The van der Waals surface area contributed by atoms with Gasteiger partial charge in [0, 0.05) is 13.0 Å². The Morgan fingerprint density at radius 3 is 2.86 bits per heavy atom. The van der Waals surface area contributed by atoms with E-state index in [1.165, 1.54) is 4.90 Å². The van der Waals surface area contributed by atoms with Gasteiger partial charge in [-0.05, 0) is 37.8 Å². The molecule has 0 bridgehead atoms. The highest BCUT2D eigenvalue weighted by Crippen LogP contribution is 2.22. The number of likely N-dealkylation sites (tertiary alicyclic amines) is 1. The highest BCUT2D eigenvalue weighted by Gasteiger charge is 2.33. The van der Waals surface area contributed by atoms with Crippen molar-refractivity contribution < 1.29 is 19.4 Å². The average Bonchev–Trinajstić information content (AvgIpc) is 2.96. The fraction of sp³-hybridized carbons (Fsp3) is 0.500. The minimum Gasteiger partial charge on any atom is -0.494 e. The van der Waals surface area contributed by atoms with Crippen LogP contribution in [-0.2, 0) is 16.0 Å². The Balaban J connectivity index is 1.96. The first-order valence-electron chi connectivity index (χ1n) is 7.36. The van der Waals surface area contributed by atoms with E-state index in [9.17, 15) is 9.59 Å². The number of hydrogen-bond acceptors (Lipinski definition) is 3. The molecule has 0 saturated carbocycles. The first-order chi connectivity index (χ1) is 10.1. The van der Waals surface area contributed by atoms with Gasteiger partial charge in [0.25, 0.3) is 0 Å². The number of aliphatic carboxylic acids is 1. The molecule has 0 aliphatic carbocycles. The molecule has 1 aliphatic heterocycles. The molecule has 0 spiro atoms. The summed E-state index contributed by atoms with van der Waals surface area (Å²) < 4.78 is 5.54. The number of carbonyl (C=O) groups excluding carboxylic acids is 1. The lowest BCUT2D eigenvalue weighted by Crippen LogP contribution is -2.40. The minimum absolute atomic E-state index is 0.0915. The van der Waals surface area contributed by atoms with Gasteiger partial charge in [0.2, 0.25) is 5.91 Å². The smallest absolute Gasteiger partial charge is 0.326 e. The molecule has 1 aromatic rings. The van der Waals surface area contributed by atoms with Gasteiger partial charge in [-0.3, -0.25) is 4.79 Å². The van der Waals surface area contributed by atoms with Gasteiger partial charge in [-0.1, -0.05) is 18.2 Å². The van der Waals surface area contributed by atoms with E-state index in [1.54, 1.807) is 0 Å². The van der Waals surface area contributed by atoms with Crippen LogP contribution < -0.4 is 4.74 Å². The molecule has 1 fully saturated rings. The topological polar surface area (TPSA) is 66.8 Å². The van der Waals surface area contributed by atoms with Crippen LogP contribution in [-0.4, -0.2) is 41.1 Å². The number of nitrogens with zero attached hydrogens (tertiary/aromatic N) is 1. The molecule has 0 radical (unpaired) electrons. The number of rotatable bonds is 6. The van der Waals surface area contributed by atoms with Crippen molar-refractivity contribution in [3.05, 3.63) is 29.8 Å². The number of hydrogen-bond donors (Lipinski definition) is 1. The maximum Gasteiger partial charge on any atom is 0.326 e. The molecule has 1 N–H and O–H groups in total. The van der Waals surface area contributed by atoms with E-state index in [2.05, 4.69) is 0 Å². The van der Waals surface area contributed by atoms with Crippen molar-refractivity contribution >= 4 is 11.9 Å². The molecule has 1 aliphatic rings.